The van der Waals surface area contributed by atoms with Crippen LogP contribution in [0.15, 0.2) is 30.3 Å². The van der Waals surface area contributed by atoms with Crippen molar-refractivity contribution in [1.29, 1.82) is 0 Å². The number of nitrogens with zero attached hydrogens (tertiary/aromatic N) is 1. The first kappa shape index (κ1) is 29.1. The van der Waals surface area contributed by atoms with E-state index in [1.165, 1.54) is 7.11 Å². The van der Waals surface area contributed by atoms with Crippen LogP contribution in [0.25, 0.3) is 0 Å². The molecule has 0 aromatic heterocycles. The zero-order valence-electron chi connectivity index (χ0n) is 24.8. The number of benzene rings is 1. The molecular formula is C31H43NO10. The minimum absolute atomic E-state index is 0.0823. The third kappa shape index (κ3) is 2.96. The van der Waals surface area contributed by atoms with Crippen molar-refractivity contribution in [2.75, 3.05) is 48.6 Å². The molecule has 1 heterocycles. The molecule has 0 amide bonds. The first-order valence-corrected chi connectivity index (χ1v) is 14.9. The van der Waals surface area contributed by atoms with Crippen molar-refractivity contribution < 1.29 is 48.9 Å². The number of piperidine rings is 1. The SMILES string of the molecule is COC[C@@]12CCC(OC)[C@@]34[C@@H]5C[C@@]6(O)C(OC)C(O)[C@@](O)([C@H]5C6(O)OC(=O)c5ccccc5)[C@@H](C(OC)[C@H]13)[C@H]4N(C)C2. The first-order valence-electron chi connectivity index (χ1n) is 14.9. The van der Waals surface area contributed by atoms with Gasteiger partial charge in [0.25, 0.3) is 0 Å². The van der Waals surface area contributed by atoms with Crippen molar-refractivity contribution in [3.05, 3.63) is 35.9 Å². The van der Waals surface area contributed by atoms with Crippen LogP contribution >= 0.6 is 0 Å². The zero-order valence-corrected chi connectivity index (χ0v) is 24.8. The number of hydrogen-bond acceptors (Lipinski definition) is 11. The molecule has 1 aromatic carbocycles. The van der Waals surface area contributed by atoms with Gasteiger partial charge in [-0.25, -0.2) is 4.79 Å². The molecule has 1 aromatic rings. The molecule has 0 radical (unpaired) electrons. The van der Waals surface area contributed by atoms with Crippen LogP contribution in [0.3, 0.4) is 0 Å². The van der Waals surface area contributed by atoms with Gasteiger partial charge in [0.2, 0.25) is 5.79 Å². The number of rotatable bonds is 7. The molecule has 5 unspecified atom stereocenters. The van der Waals surface area contributed by atoms with Crippen LogP contribution in [0.4, 0.5) is 0 Å². The fourth-order valence-corrected chi connectivity index (χ4v) is 11.9. The summed E-state index contributed by atoms with van der Waals surface area (Å²) in [5.74, 6) is -6.24. The Morgan fingerprint density at radius 1 is 1.02 bits per heavy atom. The maximum Gasteiger partial charge on any atom is 0.340 e. The van der Waals surface area contributed by atoms with E-state index in [4.69, 9.17) is 23.7 Å². The van der Waals surface area contributed by atoms with Crippen molar-refractivity contribution in [1.82, 2.24) is 4.90 Å². The minimum Gasteiger partial charge on any atom is -0.426 e. The van der Waals surface area contributed by atoms with E-state index in [-0.39, 0.29) is 35.5 Å². The number of aliphatic hydroxyl groups excluding tert-OH is 1. The molecule has 1 aliphatic heterocycles. The second kappa shape index (κ2) is 9.18. The van der Waals surface area contributed by atoms with E-state index in [0.29, 0.717) is 19.6 Å². The molecule has 6 fully saturated rings. The van der Waals surface area contributed by atoms with Gasteiger partial charge in [0.05, 0.1) is 30.3 Å². The summed E-state index contributed by atoms with van der Waals surface area (Å²) < 4.78 is 30.1. The minimum atomic E-state index is -2.58. The second-order valence-corrected chi connectivity index (χ2v) is 13.8. The van der Waals surface area contributed by atoms with Gasteiger partial charge in [-0.15, -0.1) is 0 Å². The van der Waals surface area contributed by atoms with Gasteiger partial charge in [0.1, 0.15) is 17.8 Å². The zero-order chi connectivity index (χ0) is 30.0. The molecule has 6 aliphatic rings. The highest BCUT2D eigenvalue weighted by atomic mass is 16.7. The van der Waals surface area contributed by atoms with Crippen molar-refractivity contribution in [3.63, 3.8) is 0 Å². The molecule has 14 atom stereocenters. The third-order valence-corrected chi connectivity index (χ3v) is 12.6. The lowest BCUT2D eigenvalue weighted by molar-refractivity contribution is -0.392. The highest BCUT2D eigenvalue weighted by Gasteiger charge is 2.93. The number of fused-ring (bicyclic) bond motifs is 2. The van der Waals surface area contributed by atoms with Gasteiger partial charge in [-0.05, 0) is 44.4 Å². The number of hydrogen-bond donors (Lipinski definition) is 4. The standard InChI is InChI=1S/C31H43NO10/c1-32-14-27(15-38-2)12-11-18(39-3)29-17-13-28(35)25(41-5)24(33)30(36,19(23(29)32)20(40-4)22(27)29)21(17)31(28,37)42-26(34)16-9-7-6-8-10-16/h6-10,17-25,33,35-37H,11-15H2,1-5H3/t17-,18?,19+,20?,21+,22-,23-,24?,25?,27+,28-,29+,30+,31?/m1/s1. The molecule has 5 aliphatic carbocycles. The van der Waals surface area contributed by atoms with E-state index < -0.39 is 64.4 Å². The van der Waals surface area contributed by atoms with Crippen molar-refractivity contribution in [2.45, 2.75) is 66.7 Å². The average molecular weight is 590 g/mol. The monoisotopic (exact) mass is 589 g/mol. The lowest BCUT2D eigenvalue weighted by Gasteiger charge is -2.69. The van der Waals surface area contributed by atoms with Gasteiger partial charge >= 0.3 is 5.97 Å². The Kier molecular flexibility index (Phi) is 6.35. The summed E-state index contributed by atoms with van der Waals surface area (Å²) in [5, 5.41) is 50.2. The van der Waals surface area contributed by atoms with E-state index in [0.717, 1.165) is 6.42 Å². The topological polar surface area (TPSA) is 147 Å². The molecule has 1 saturated heterocycles. The van der Waals surface area contributed by atoms with Gasteiger partial charge in [-0.1, -0.05) is 18.2 Å². The molecule has 7 rings (SSSR count). The van der Waals surface area contributed by atoms with Crippen molar-refractivity contribution in [2.24, 2.45) is 34.5 Å². The third-order valence-electron chi connectivity index (χ3n) is 12.6. The molecular weight excluding hydrogens is 546 g/mol. The first-order chi connectivity index (χ1) is 20.0. The molecule has 1 spiro atoms. The number of likely N-dealkylation sites (tertiary alicyclic amines) is 1. The van der Waals surface area contributed by atoms with Gasteiger partial charge in [0.15, 0.2) is 5.60 Å². The summed E-state index contributed by atoms with van der Waals surface area (Å²) in [5.41, 5.74) is -5.19. The number of carbonyl (C=O) groups excluding carboxylic acids is 1. The smallest absolute Gasteiger partial charge is 0.340 e. The summed E-state index contributed by atoms with van der Waals surface area (Å²) in [6.45, 7) is 1.15. The Balaban J connectivity index is 1.49. The lowest BCUT2D eigenvalue weighted by Crippen LogP contribution is -2.83. The largest absolute Gasteiger partial charge is 0.426 e. The highest BCUT2D eigenvalue weighted by Crippen LogP contribution is 2.81. The fourth-order valence-electron chi connectivity index (χ4n) is 11.9. The Hall–Kier alpha value is -1.67. The molecule has 42 heavy (non-hydrogen) atoms. The van der Waals surface area contributed by atoms with Gasteiger partial charge in [0, 0.05) is 63.7 Å². The van der Waals surface area contributed by atoms with E-state index in [1.807, 2.05) is 7.05 Å². The molecule has 232 valence electrons. The van der Waals surface area contributed by atoms with Crippen LogP contribution in [0.1, 0.15) is 29.6 Å². The quantitative estimate of drug-likeness (QED) is 0.252. The summed E-state index contributed by atoms with van der Waals surface area (Å²) >= 11 is 0. The van der Waals surface area contributed by atoms with E-state index in [1.54, 1.807) is 51.7 Å². The molecule has 4 N–H and O–H groups in total. The summed E-state index contributed by atoms with van der Waals surface area (Å²) in [7, 11) is 8.32. The average Bonchev–Trinajstić information content (AvgIpc) is 3.32. The van der Waals surface area contributed by atoms with Crippen LogP contribution < -0.4 is 0 Å². The van der Waals surface area contributed by atoms with Crippen LogP contribution in [0.5, 0.6) is 0 Å². The summed E-state index contributed by atoms with van der Waals surface area (Å²) in [4.78, 5) is 15.8. The van der Waals surface area contributed by atoms with Gasteiger partial charge in [-0.3, -0.25) is 0 Å². The van der Waals surface area contributed by atoms with Crippen LogP contribution in [-0.2, 0) is 23.7 Å². The highest BCUT2D eigenvalue weighted by molar-refractivity contribution is 5.89. The maximum absolute atomic E-state index is 13.5. The van der Waals surface area contributed by atoms with E-state index in [2.05, 4.69) is 4.90 Å². The lowest BCUT2D eigenvalue weighted by atomic mass is 9.43. The maximum atomic E-state index is 13.5. The van der Waals surface area contributed by atoms with Crippen LogP contribution in [0.2, 0.25) is 0 Å². The van der Waals surface area contributed by atoms with E-state index >= 15 is 0 Å². The van der Waals surface area contributed by atoms with Crippen LogP contribution in [0, 0.1) is 34.5 Å². The van der Waals surface area contributed by atoms with Crippen molar-refractivity contribution >= 4 is 5.97 Å². The predicted octanol–water partition coefficient (Wildman–Crippen LogP) is 0.0364. The molecule has 7 bridgehead atoms. The molecule has 11 nitrogen and oxygen atoms in total. The Morgan fingerprint density at radius 3 is 2.36 bits per heavy atom. The molecule has 5 saturated carbocycles. The number of carbonyl (C=O) groups is 1. The second-order valence-electron chi connectivity index (χ2n) is 13.8. The Morgan fingerprint density at radius 2 is 1.74 bits per heavy atom. The number of esters is 1. The summed E-state index contributed by atoms with van der Waals surface area (Å²) in [6, 6.07) is 7.90. The van der Waals surface area contributed by atoms with Gasteiger partial charge < -0.3 is 49.0 Å². The summed E-state index contributed by atoms with van der Waals surface area (Å²) in [6.07, 6.45) is -2.49. The fraction of sp³-hybridized carbons (Fsp3) is 0.774. The Bertz CT molecular complexity index is 1250. The Labute approximate surface area is 245 Å². The van der Waals surface area contributed by atoms with Crippen LogP contribution in [-0.4, -0.2) is 127 Å². The van der Waals surface area contributed by atoms with Crippen molar-refractivity contribution in [3.8, 4) is 0 Å². The van der Waals surface area contributed by atoms with Gasteiger partial charge in [-0.2, -0.15) is 0 Å². The van der Waals surface area contributed by atoms with E-state index in [9.17, 15) is 25.2 Å². The number of ether oxygens (including phenoxy) is 5. The predicted molar refractivity (Wildman–Crippen MR) is 146 cm³/mol. The normalized spacial score (nSPS) is 53.7. The number of aliphatic hydroxyl groups is 4. The molecule has 11 heteroatoms. The number of methoxy groups -OCH3 is 4.